The van der Waals surface area contributed by atoms with Crippen molar-refractivity contribution in [2.45, 2.75) is 25.2 Å². The predicted octanol–water partition coefficient (Wildman–Crippen LogP) is 1.86. The first-order chi connectivity index (χ1) is 7.25. The predicted molar refractivity (Wildman–Crippen MR) is 60.8 cm³/mol. The topological polar surface area (TPSA) is 54.7 Å². The Morgan fingerprint density at radius 3 is 2.93 bits per heavy atom. The van der Waals surface area contributed by atoms with Crippen LogP contribution in [0.25, 0.3) is 10.9 Å². The van der Waals surface area contributed by atoms with Crippen LogP contribution in [0, 0.1) is 6.92 Å². The molecule has 3 rings (SSSR count). The monoisotopic (exact) mass is 201 g/mol. The van der Waals surface area contributed by atoms with E-state index >= 15 is 0 Å². The highest BCUT2D eigenvalue weighted by Crippen LogP contribution is 2.47. The summed E-state index contributed by atoms with van der Waals surface area (Å²) in [4.78, 5) is 0. The lowest BCUT2D eigenvalue weighted by Crippen LogP contribution is -2.19. The van der Waals surface area contributed by atoms with Gasteiger partial charge in [0.05, 0.1) is 5.52 Å². The average molecular weight is 201 g/mol. The first kappa shape index (κ1) is 8.92. The fourth-order valence-electron chi connectivity index (χ4n) is 2.24. The zero-order chi connectivity index (χ0) is 10.5. The van der Waals surface area contributed by atoms with E-state index in [1.165, 1.54) is 23.8 Å². The van der Waals surface area contributed by atoms with Crippen LogP contribution < -0.4 is 5.73 Å². The Balaban J connectivity index is 2.14. The van der Waals surface area contributed by atoms with Crippen molar-refractivity contribution in [3.63, 3.8) is 0 Å². The van der Waals surface area contributed by atoms with Gasteiger partial charge in [0.1, 0.15) is 0 Å². The molecule has 3 nitrogen and oxygen atoms in total. The van der Waals surface area contributed by atoms with Crippen LogP contribution in [0.15, 0.2) is 18.2 Å². The lowest BCUT2D eigenvalue weighted by atomic mass is 9.95. The van der Waals surface area contributed by atoms with Gasteiger partial charge in [0.15, 0.2) is 0 Å². The second kappa shape index (κ2) is 2.83. The van der Waals surface area contributed by atoms with E-state index in [-0.39, 0.29) is 5.41 Å². The first-order valence-corrected chi connectivity index (χ1v) is 5.40. The Labute approximate surface area is 88.7 Å². The largest absolute Gasteiger partial charge is 0.330 e. The highest BCUT2D eigenvalue weighted by Gasteiger charge is 2.42. The van der Waals surface area contributed by atoms with Gasteiger partial charge >= 0.3 is 0 Å². The number of nitrogens with two attached hydrogens (primary N) is 1. The number of H-pyrrole nitrogens is 1. The maximum atomic E-state index is 5.82. The first-order valence-electron chi connectivity index (χ1n) is 5.40. The molecule has 1 saturated carbocycles. The molecule has 1 aromatic carbocycles. The molecule has 0 bridgehead atoms. The van der Waals surface area contributed by atoms with Gasteiger partial charge in [0, 0.05) is 23.0 Å². The molecule has 1 aliphatic rings. The molecule has 0 aliphatic heterocycles. The quantitative estimate of drug-likeness (QED) is 0.779. The Morgan fingerprint density at radius 2 is 2.27 bits per heavy atom. The van der Waals surface area contributed by atoms with Crippen LogP contribution in [0.1, 0.15) is 24.1 Å². The summed E-state index contributed by atoms with van der Waals surface area (Å²) in [5.41, 5.74) is 9.63. The third-order valence-corrected chi connectivity index (χ3v) is 3.60. The molecule has 1 aliphatic carbocycles. The van der Waals surface area contributed by atoms with Gasteiger partial charge in [0.2, 0.25) is 0 Å². The fourth-order valence-corrected chi connectivity index (χ4v) is 2.24. The SMILES string of the molecule is Cc1[nH]nc2cc(C3(CN)CC3)ccc12. The van der Waals surface area contributed by atoms with Crippen molar-refractivity contribution in [3.8, 4) is 0 Å². The summed E-state index contributed by atoms with van der Waals surface area (Å²) < 4.78 is 0. The minimum Gasteiger partial charge on any atom is -0.330 e. The van der Waals surface area contributed by atoms with Crippen molar-refractivity contribution < 1.29 is 0 Å². The van der Waals surface area contributed by atoms with Crippen LogP contribution in [-0.4, -0.2) is 16.7 Å². The summed E-state index contributed by atoms with van der Waals surface area (Å²) in [5, 5.41) is 8.52. The second-order valence-electron chi connectivity index (χ2n) is 4.56. The van der Waals surface area contributed by atoms with Crippen molar-refractivity contribution >= 4 is 10.9 Å². The zero-order valence-corrected chi connectivity index (χ0v) is 8.88. The standard InChI is InChI=1S/C12H15N3/c1-8-10-3-2-9(6-11(10)15-14-8)12(7-13)4-5-12/h2-3,6H,4-5,7,13H2,1H3,(H,14,15). The van der Waals surface area contributed by atoms with E-state index in [0.29, 0.717) is 0 Å². The van der Waals surface area contributed by atoms with Crippen molar-refractivity contribution in [1.29, 1.82) is 0 Å². The average Bonchev–Trinajstić information content (AvgIpc) is 2.99. The van der Waals surface area contributed by atoms with Crippen molar-refractivity contribution in [1.82, 2.24) is 10.2 Å². The minimum atomic E-state index is 0.265. The van der Waals surface area contributed by atoms with E-state index in [1.807, 2.05) is 6.92 Å². The highest BCUT2D eigenvalue weighted by molar-refractivity contribution is 5.82. The smallest absolute Gasteiger partial charge is 0.0926 e. The van der Waals surface area contributed by atoms with E-state index in [1.54, 1.807) is 0 Å². The van der Waals surface area contributed by atoms with Gasteiger partial charge in [-0.3, -0.25) is 5.10 Å². The Hall–Kier alpha value is -1.35. The number of aryl methyl sites for hydroxylation is 1. The van der Waals surface area contributed by atoms with Gasteiger partial charge in [-0.05, 0) is 31.4 Å². The molecule has 15 heavy (non-hydrogen) atoms. The molecule has 1 fully saturated rings. The summed E-state index contributed by atoms with van der Waals surface area (Å²) >= 11 is 0. The number of hydrogen-bond acceptors (Lipinski definition) is 2. The number of fused-ring (bicyclic) bond motifs is 1. The summed E-state index contributed by atoms with van der Waals surface area (Å²) in [7, 11) is 0. The molecule has 0 amide bonds. The maximum Gasteiger partial charge on any atom is 0.0926 e. The molecule has 78 valence electrons. The molecule has 2 aromatic rings. The number of rotatable bonds is 2. The van der Waals surface area contributed by atoms with Crippen molar-refractivity contribution in [2.75, 3.05) is 6.54 Å². The lowest BCUT2D eigenvalue weighted by molar-refractivity contribution is 0.705. The van der Waals surface area contributed by atoms with Crippen LogP contribution in [0.2, 0.25) is 0 Å². The van der Waals surface area contributed by atoms with Crippen LogP contribution in [0.3, 0.4) is 0 Å². The second-order valence-corrected chi connectivity index (χ2v) is 4.56. The molecular weight excluding hydrogens is 186 g/mol. The van der Waals surface area contributed by atoms with Gasteiger partial charge in [0.25, 0.3) is 0 Å². The summed E-state index contributed by atoms with van der Waals surface area (Å²) in [5.74, 6) is 0. The molecule has 0 atom stereocenters. The summed E-state index contributed by atoms with van der Waals surface area (Å²) in [6.07, 6.45) is 2.44. The number of nitrogens with zero attached hydrogens (tertiary/aromatic N) is 1. The Morgan fingerprint density at radius 1 is 1.47 bits per heavy atom. The van der Waals surface area contributed by atoms with Crippen LogP contribution in [0.5, 0.6) is 0 Å². The molecular formula is C12H15N3. The number of aromatic amines is 1. The van der Waals surface area contributed by atoms with Crippen molar-refractivity contribution in [2.24, 2.45) is 5.73 Å². The van der Waals surface area contributed by atoms with Crippen LogP contribution in [0.4, 0.5) is 0 Å². The Bertz CT molecular complexity index is 509. The fraction of sp³-hybridized carbons (Fsp3) is 0.417. The third-order valence-electron chi connectivity index (χ3n) is 3.60. The number of aromatic nitrogens is 2. The summed E-state index contributed by atoms with van der Waals surface area (Å²) in [6, 6.07) is 6.53. The third kappa shape index (κ3) is 1.20. The van der Waals surface area contributed by atoms with Crippen LogP contribution >= 0.6 is 0 Å². The van der Waals surface area contributed by atoms with Crippen molar-refractivity contribution in [3.05, 3.63) is 29.5 Å². The Kier molecular flexibility index (Phi) is 1.68. The maximum absolute atomic E-state index is 5.82. The van der Waals surface area contributed by atoms with Gasteiger partial charge in [-0.25, -0.2) is 0 Å². The van der Waals surface area contributed by atoms with Gasteiger partial charge < -0.3 is 5.73 Å². The van der Waals surface area contributed by atoms with E-state index in [0.717, 1.165) is 17.8 Å². The molecule has 3 heteroatoms. The minimum absolute atomic E-state index is 0.265. The molecule has 0 spiro atoms. The number of benzene rings is 1. The molecule has 0 radical (unpaired) electrons. The highest BCUT2D eigenvalue weighted by atomic mass is 15.1. The number of nitrogens with one attached hydrogen (secondary N) is 1. The van der Waals surface area contributed by atoms with E-state index in [9.17, 15) is 0 Å². The molecule has 1 heterocycles. The zero-order valence-electron chi connectivity index (χ0n) is 8.88. The number of hydrogen-bond donors (Lipinski definition) is 2. The van der Waals surface area contributed by atoms with Crippen LogP contribution in [-0.2, 0) is 5.41 Å². The van der Waals surface area contributed by atoms with E-state index < -0.39 is 0 Å². The normalized spacial score (nSPS) is 18.3. The van der Waals surface area contributed by atoms with Gasteiger partial charge in [-0.2, -0.15) is 5.10 Å². The molecule has 3 N–H and O–H groups in total. The molecule has 0 saturated heterocycles. The molecule has 0 unspecified atom stereocenters. The van der Waals surface area contributed by atoms with Gasteiger partial charge in [-0.15, -0.1) is 0 Å². The van der Waals surface area contributed by atoms with E-state index in [2.05, 4.69) is 28.4 Å². The van der Waals surface area contributed by atoms with Gasteiger partial charge in [-0.1, -0.05) is 12.1 Å². The lowest BCUT2D eigenvalue weighted by Gasteiger charge is -2.12. The van der Waals surface area contributed by atoms with E-state index in [4.69, 9.17) is 5.73 Å². The molecule has 1 aromatic heterocycles. The summed E-state index contributed by atoms with van der Waals surface area (Å²) in [6.45, 7) is 2.80.